The van der Waals surface area contributed by atoms with E-state index in [9.17, 15) is 4.21 Å². The zero-order valence-corrected chi connectivity index (χ0v) is 10.4. The molecule has 1 aliphatic heterocycles. The van der Waals surface area contributed by atoms with Gasteiger partial charge in [-0.15, -0.1) is 0 Å². The lowest BCUT2D eigenvalue weighted by atomic mass is 10.3. The largest absolute Gasteiger partial charge is 0.397 e. The molecule has 0 aliphatic carbocycles. The zero-order chi connectivity index (χ0) is 12.1. The molecule has 1 aromatic heterocycles. The molecule has 1 aliphatic rings. The molecular formula is C12H15N3OS. The van der Waals surface area contributed by atoms with E-state index in [1.54, 1.807) is 12.3 Å². The van der Waals surface area contributed by atoms with Gasteiger partial charge in [0.25, 0.3) is 0 Å². The van der Waals surface area contributed by atoms with E-state index in [2.05, 4.69) is 21.7 Å². The SMILES string of the molecule is Nc1ccc(C#CCN2CCS(=O)CC2)nc1. The first-order valence-corrected chi connectivity index (χ1v) is 7.00. The summed E-state index contributed by atoms with van der Waals surface area (Å²) in [6.45, 7) is 2.45. The van der Waals surface area contributed by atoms with Crippen LogP contribution in [0, 0.1) is 11.8 Å². The summed E-state index contributed by atoms with van der Waals surface area (Å²) in [6.07, 6.45) is 1.61. The molecule has 2 N–H and O–H groups in total. The normalized spacial score (nSPS) is 17.4. The third kappa shape index (κ3) is 3.84. The third-order valence-corrected chi connectivity index (χ3v) is 3.85. The van der Waals surface area contributed by atoms with Crippen LogP contribution in [0.3, 0.4) is 0 Å². The van der Waals surface area contributed by atoms with E-state index in [1.165, 1.54) is 0 Å². The summed E-state index contributed by atoms with van der Waals surface area (Å²) in [5.74, 6) is 7.61. The maximum Gasteiger partial charge on any atom is 0.113 e. The van der Waals surface area contributed by atoms with Gasteiger partial charge in [-0.25, -0.2) is 4.98 Å². The van der Waals surface area contributed by atoms with E-state index in [4.69, 9.17) is 5.73 Å². The van der Waals surface area contributed by atoms with Crippen molar-refractivity contribution in [2.45, 2.75) is 0 Å². The van der Waals surface area contributed by atoms with Crippen LogP contribution < -0.4 is 5.73 Å². The molecule has 0 radical (unpaired) electrons. The van der Waals surface area contributed by atoms with E-state index in [0.717, 1.165) is 30.3 Å². The minimum Gasteiger partial charge on any atom is -0.397 e. The second kappa shape index (κ2) is 5.80. The first-order valence-electron chi connectivity index (χ1n) is 5.52. The first kappa shape index (κ1) is 12.1. The van der Waals surface area contributed by atoms with Gasteiger partial charge in [0, 0.05) is 35.4 Å². The van der Waals surface area contributed by atoms with Crippen molar-refractivity contribution in [3.05, 3.63) is 24.0 Å². The summed E-state index contributed by atoms with van der Waals surface area (Å²) < 4.78 is 11.2. The number of nitrogen functional groups attached to an aromatic ring is 1. The fourth-order valence-corrected chi connectivity index (χ4v) is 2.68. The van der Waals surface area contributed by atoms with Crippen molar-refractivity contribution in [2.24, 2.45) is 0 Å². The molecule has 1 fully saturated rings. The smallest absolute Gasteiger partial charge is 0.113 e. The van der Waals surface area contributed by atoms with Crippen LogP contribution in [0.15, 0.2) is 18.3 Å². The summed E-state index contributed by atoms with van der Waals surface area (Å²) in [5, 5.41) is 0. The Morgan fingerprint density at radius 1 is 1.41 bits per heavy atom. The Bertz CT molecular complexity index is 451. The quantitative estimate of drug-likeness (QED) is 0.716. The van der Waals surface area contributed by atoms with E-state index >= 15 is 0 Å². The van der Waals surface area contributed by atoms with Crippen LogP contribution in [0.2, 0.25) is 0 Å². The highest BCUT2D eigenvalue weighted by molar-refractivity contribution is 7.85. The zero-order valence-electron chi connectivity index (χ0n) is 9.56. The van der Waals surface area contributed by atoms with Crippen molar-refractivity contribution < 1.29 is 4.21 Å². The molecule has 4 nitrogen and oxygen atoms in total. The van der Waals surface area contributed by atoms with Gasteiger partial charge in [-0.05, 0) is 18.1 Å². The van der Waals surface area contributed by atoms with E-state index in [0.29, 0.717) is 12.2 Å². The van der Waals surface area contributed by atoms with E-state index in [1.807, 2.05) is 6.07 Å². The lowest BCUT2D eigenvalue weighted by Gasteiger charge is -2.23. The van der Waals surface area contributed by atoms with Crippen LogP contribution >= 0.6 is 0 Å². The predicted octanol–water partition coefficient (Wildman–Crippen LogP) is 0.0796. The Hall–Kier alpha value is -1.38. The molecule has 1 aromatic rings. The average Bonchev–Trinajstić information content (AvgIpc) is 2.34. The Morgan fingerprint density at radius 3 is 2.82 bits per heavy atom. The molecule has 5 heteroatoms. The molecule has 0 saturated carbocycles. The van der Waals surface area contributed by atoms with Crippen molar-refractivity contribution >= 4 is 16.5 Å². The van der Waals surface area contributed by atoms with Crippen molar-refractivity contribution in [2.75, 3.05) is 36.9 Å². The predicted molar refractivity (Wildman–Crippen MR) is 69.8 cm³/mol. The molecule has 0 bridgehead atoms. The summed E-state index contributed by atoms with van der Waals surface area (Å²) in [4.78, 5) is 6.32. The van der Waals surface area contributed by atoms with Gasteiger partial charge in [0.1, 0.15) is 5.69 Å². The number of anilines is 1. The number of pyridine rings is 1. The van der Waals surface area contributed by atoms with Crippen molar-refractivity contribution in [1.82, 2.24) is 9.88 Å². The first-order chi connectivity index (χ1) is 8.24. The standard InChI is InChI=1S/C12H15N3OS/c13-11-3-4-12(14-10-11)2-1-5-15-6-8-17(16)9-7-15/h3-4,10H,5-9,13H2. The lowest BCUT2D eigenvalue weighted by Crippen LogP contribution is -2.37. The summed E-state index contributed by atoms with van der Waals surface area (Å²) in [6, 6.07) is 3.61. The van der Waals surface area contributed by atoms with Gasteiger partial charge in [0.05, 0.1) is 18.4 Å². The second-order valence-electron chi connectivity index (χ2n) is 3.90. The third-order valence-electron chi connectivity index (χ3n) is 2.58. The minimum atomic E-state index is -0.621. The van der Waals surface area contributed by atoms with Gasteiger partial charge in [-0.2, -0.15) is 0 Å². The molecule has 0 aromatic carbocycles. The number of aromatic nitrogens is 1. The molecule has 2 heterocycles. The van der Waals surface area contributed by atoms with Crippen LogP contribution in [0.25, 0.3) is 0 Å². The molecule has 1 saturated heterocycles. The highest BCUT2D eigenvalue weighted by atomic mass is 32.2. The molecule has 0 unspecified atom stereocenters. The van der Waals surface area contributed by atoms with Gasteiger partial charge < -0.3 is 5.73 Å². The number of nitrogens with zero attached hydrogens (tertiary/aromatic N) is 2. The van der Waals surface area contributed by atoms with Gasteiger partial charge in [-0.1, -0.05) is 5.92 Å². The Balaban J connectivity index is 1.86. The Labute approximate surface area is 104 Å². The fourth-order valence-electron chi connectivity index (χ4n) is 1.55. The molecule has 0 amide bonds. The van der Waals surface area contributed by atoms with Crippen LogP contribution in [-0.4, -0.2) is 45.2 Å². The van der Waals surface area contributed by atoms with Gasteiger partial charge >= 0.3 is 0 Å². The summed E-state index contributed by atoms with van der Waals surface area (Å²) in [7, 11) is -0.621. The van der Waals surface area contributed by atoms with Gasteiger partial charge in [0.15, 0.2) is 0 Å². The van der Waals surface area contributed by atoms with Crippen LogP contribution in [0.4, 0.5) is 5.69 Å². The number of nitrogens with two attached hydrogens (primary N) is 1. The highest BCUT2D eigenvalue weighted by Crippen LogP contribution is 2.00. The fraction of sp³-hybridized carbons (Fsp3) is 0.417. The van der Waals surface area contributed by atoms with Crippen molar-refractivity contribution in [3.63, 3.8) is 0 Å². The highest BCUT2D eigenvalue weighted by Gasteiger charge is 2.13. The van der Waals surface area contributed by atoms with E-state index in [-0.39, 0.29) is 0 Å². The minimum absolute atomic E-state index is 0.621. The van der Waals surface area contributed by atoms with Gasteiger partial charge in [0.2, 0.25) is 0 Å². The lowest BCUT2D eigenvalue weighted by molar-refractivity contribution is 0.337. The topological polar surface area (TPSA) is 59.2 Å². The van der Waals surface area contributed by atoms with Crippen LogP contribution in [0.1, 0.15) is 5.69 Å². The Morgan fingerprint density at radius 2 is 2.18 bits per heavy atom. The molecular weight excluding hydrogens is 234 g/mol. The number of hydrogen-bond donors (Lipinski definition) is 1. The van der Waals surface area contributed by atoms with Crippen LogP contribution in [0.5, 0.6) is 0 Å². The number of hydrogen-bond acceptors (Lipinski definition) is 4. The van der Waals surface area contributed by atoms with Crippen molar-refractivity contribution in [3.8, 4) is 11.8 Å². The average molecular weight is 249 g/mol. The second-order valence-corrected chi connectivity index (χ2v) is 5.60. The molecule has 0 atom stereocenters. The Kier molecular flexibility index (Phi) is 4.13. The summed E-state index contributed by atoms with van der Waals surface area (Å²) >= 11 is 0. The molecule has 0 spiro atoms. The monoisotopic (exact) mass is 249 g/mol. The van der Waals surface area contributed by atoms with Crippen LogP contribution in [-0.2, 0) is 10.8 Å². The maximum atomic E-state index is 11.2. The molecule has 17 heavy (non-hydrogen) atoms. The maximum absolute atomic E-state index is 11.2. The van der Waals surface area contributed by atoms with Crippen molar-refractivity contribution in [1.29, 1.82) is 0 Å². The molecule has 90 valence electrons. The van der Waals surface area contributed by atoms with Gasteiger partial charge in [-0.3, -0.25) is 9.11 Å². The number of rotatable bonds is 1. The molecule has 2 rings (SSSR count). The summed E-state index contributed by atoms with van der Waals surface area (Å²) in [5.41, 5.74) is 6.92. The van der Waals surface area contributed by atoms with E-state index < -0.39 is 10.8 Å².